The highest BCUT2D eigenvalue weighted by atomic mass is 32.2. The van der Waals surface area contributed by atoms with Crippen molar-refractivity contribution >= 4 is 28.6 Å². The van der Waals surface area contributed by atoms with E-state index in [1.54, 1.807) is 7.05 Å². The Balaban J connectivity index is 2.12. The minimum atomic E-state index is -0.460. The Morgan fingerprint density at radius 3 is 2.29 bits per heavy atom. The third-order valence-corrected chi connectivity index (χ3v) is 6.44. The third-order valence-electron chi connectivity index (χ3n) is 5.47. The lowest BCUT2D eigenvalue weighted by Crippen LogP contribution is -2.38. The van der Waals surface area contributed by atoms with Crippen LogP contribution in [0.1, 0.15) is 55.3 Å². The molecule has 0 saturated carbocycles. The largest absolute Gasteiger partial charge is 0.349 e. The van der Waals surface area contributed by atoms with E-state index in [2.05, 4.69) is 14.5 Å². The lowest BCUT2D eigenvalue weighted by molar-refractivity contribution is 0.102. The monoisotopic (exact) mass is 443 g/mol. The van der Waals surface area contributed by atoms with Gasteiger partial charge in [0.1, 0.15) is 16.2 Å². The second kappa shape index (κ2) is 8.11. The molecule has 0 aliphatic rings. The molecular formula is C22H29N5O3S. The lowest BCUT2D eigenvalue weighted by atomic mass is 9.96. The van der Waals surface area contributed by atoms with Crippen LogP contribution in [0.4, 0.5) is 0 Å². The van der Waals surface area contributed by atoms with Crippen LogP contribution in [0.5, 0.6) is 0 Å². The first kappa shape index (κ1) is 23.0. The number of Topliss-reactive ketones (excluding diaryl/α,β-unsaturated/α-hetero) is 1. The Hall–Kier alpha value is -2.68. The molecule has 9 heteroatoms. The van der Waals surface area contributed by atoms with Gasteiger partial charge >= 0.3 is 5.69 Å². The standard InChI is InChI=1S/C22H29N5O3S/c1-9-27-12(2)10-14(13(27)3)15(28)11-31-18-16-17(23-20(24-18)22(4,5)6)25(7)21(30)26(8)19(16)29/h10H,9,11H2,1-8H3. The van der Waals surface area contributed by atoms with E-state index in [9.17, 15) is 14.4 Å². The molecule has 166 valence electrons. The van der Waals surface area contributed by atoms with Gasteiger partial charge in [0.15, 0.2) is 11.4 Å². The van der Waals surface area contributed by atoms with Crippen LogP contribution in [0, 0.1) is 13.8 Å². The fourth-order valence-corrected chi connectivity index (χ4v) is 4.55. The number of hydrogen-bond donors (Lipinski definition) is 0. The van der Waals surface area contributed by atoms with Gasteiger partial charge in [0, 0.05) is 43.0 Å². The second-order valence-corrected chi connectivity index (χ2v) is 9.71. The highest BCUT2D eigenvalue weighted by Crippen LogP contribution is 2.28. The molecule has 0 aliphatic heterocycles. The molecule has 0 atom stereocenters. The Labute approximate surface area is 185 Å². The molecule has 8 nitrogen and oxygen atoms in total. The summed E-state index contributed by atoms with van der Waals surface area (Å²) in [4.78, 5) is 47.5. The first-order valence-electron chi connectivity index (χ1n) is 10.2. The summed E-state index contributed by atoms with van der Waals surface area (Å²) >= 11 is 1.21. The summed E-state index contributed by atoms with van der Waals surface area (Å²) in [5, 5.41) is 0.679. The van der Waals surface area contributed by atoms with Gasteiger partial charge in [-0.15, -0.1) is 0 Å². The van der Waals surface area contributed by atoms with Crippen LogP contribution in [-0.2, 0) is 26.1 Å². The van der Waals surface area contributed by atoms with Gasteiger partial charge in [-0.25, -0.2) is 14.8 Å². The maximum Gasteiger partial charge on any atom is 0.332 e. The number of thioether (sulfide) groups is 1. The van der Waals surface area contributed by atoms with Crippen molar-refractivity contribution in [2.45, 2.75) is 58.5 Å². The van der Waals surface area contributed by atoms with Crippen molar-refractivity contribution in [3.63, 3.8) is 0 Å². The van der Waals surface area contributed by atoms with Crippen molar-refractivity contribution in [1.82, 2.24) is 23.7 Å². The fourth-order valence-electron chi connectivity index (χ4n) is 3.65. The molecular weight excluding hydrogens is 414 g/mol. The van der Waals surface area contributed by atoms with Crippen LogP contribution in [0.15, 0.2) is 20.7 Å². The summed E-state index contributed by atoms with van der Waals surface area (Å²) in [6.45, 7) is 12.7. The molecule has 0 aliphatic carbocycles. The first-order chi connectivity index (χ1) is 14.4. The Kier molecular flexibility index (Phi) is 6.01. The van der Waals surface area contributed by atoms with E-state index in [-0.39, 0.29) is 22.6 Å². The Morgan fingerprint density at radius 2 is 1.74 bits per heavy atom. The first-order valence-corrected chi connectivity index (χ1v) is 11.2. The average molecular weight is 444 g/mol. The van der Waals surface area contributed by atoms with Crippen molar-refractivity contribution in [2.75, 3.05) is 5.75 Å². The summed E-state index contributed by atoms with van der Waals surface area (Å²) in [7, 11) is 3.02. The van der Waals surface area contributed by atoms with Crippen LogP contribution in [0.3, 0.4) is 0 Å². The van der Waals surface area contributed by atoms with Gasteiger partial charge in [-0.05, 0) is 26.8 Å². The van der Waals surface area contributed by atoms with Crippen molar-refractivity contribution in [2.24, 2.45) is 14.1 Å². The molecule has 0 amide bonds. The second-order valence-electron chi connectivity index (χ2n) is 8.75. The number of carbonyl (C=O) groups is 1. The van der Waals surface area contributed by atoms with Crippen molar-refractivity contribution in [1.29, 1.82) is 0 Å². The summed E-state index contributed by atoms with van der Waals surface area (Å²) in [5.74, 6) is 0.626. The maximum absolute atomic E-state index is 13.0. The number of ketones is 1. The maximum atomic E-state index is 13.0. The van der Waals surface area contributed by atoms with E-state index in [1.807, 2.05) is 47.6 Å². The van der Waals surface area contributed by atoms with Gasteiger partial charge in [0.25, 0.3) is 5.56 Å². The molecule has 0 unspecified atom stereocenters. The van der Waals surface area contributed by atoms with Crippen LogP contribution in [0.2, 0.25) is 0 Å². The third kappa shape index (κ3) is 3.98. The smallest absolute Gasteiger partial charge is 0.332 e. The zero-order valence-corrected chi connectivity index (χ0v) is 20.2. The Morgan fingerprint density at radius 1 is 1.10 bits per heavy atom. The average Bonchev–Trinajstić information content (AvgIpc) is 3.00. The summed E-state index contributed by atoms with van der Waals surface area (Å²) in [6, 6.07) is 1.91. The SMILES string of the molecule is CCn1c(C)cc(C(=O)CSc2nc(C(C)(C)C)nc3c2c(=O)n(C)c(=O)n3C)c1C. The minimum Gasteiger partial charge on any atom is -0.349 e. The van der Waals surface area contributed by atoms with E-state index in [1.165, 1.54) is 23.4 Å². The van der Waals surface area contributed by atoms with Gasteiger partial charge in [0.2, 0.25) is 0 Å². The van der Waals surface area contributed by atoms with Gasteiger partial charge in [-0.3, -0.25) is 18.7 Å². The van der Waals surface area contributed by atoms with Crippen molar-refractivity contribution in [3.05, 3.63) is 49.7 Å². The molecule has 0 spiro atoms. The lowest BCUT2D eigenvalue weighted by Gasteiger charge is -2.19. The topological polar surface area (TPSA) is 91.8 Å². The molecule has 3 aromatic rings. The molecule has 0 saturated heterocycles. The van der Waals surface area contributed by atoms with Gasteiger partial charge in [-0.1, -0.05) is 32.5 Å². The zero-order valence-electron chi connectivity index (χ0n) is 19.4. The number of carbonyl (C=O) groups excluding carboxylic acids is 1. The minimum absolute atomic E-state index is 0.0245. The number of aromatic nitrogens is 5. The molecule has 3 rings (SSSR count). The van der Waals surface area contributed by atoms with Gasteiger partial charge in [-0.2, -0.15) is 0 Å². The normalized spacial score (nSPS) is 12.0. The highest BCUT2D eigenvalue weighted by molar-refractivity contribution is 8.00. The Bertz CT molecular complexity index is 1310. The predicted molar refractivity (Wildman–Crippen MR) is 123 cm³/mol. The van der Waals surface area contributed by atoms with E-state index in [0.717, 1.165) is 22.5 Å². The summed E-state index contributed by atoms with van der Waals surface area (Å²) in [5.41, 5.74) is 1.64. The van der Waals surface area contributed by atoms with Gasteiger partial charge in [0.05, 0.1) is 5.75 Å². The molecule has 31 heavy (non-hydrogen) atoms. The fraction of sp³-hybridized carbons (Fsp3) is 0.500. The van der Waals surface area contributed by atoms with E-state index < -0.39 is 16.7 Å². The van der Waals surface area contributed by atoms with Gasteiger partial charge < -0.3 is 4.57 Å². The van der Waals surface area contributed by atoms with E-state index in [4.69, 9.17) is 0 Å². The number of aryl methyl sites for hydroxylation is 2. The number of nitrogens with zero attached hydrogens (tertiary/aromatic N) is 5. The molecule has 0 fully saturated rings. The summed E-state index contributed by atoms with van der Waals surface area (Å²) < 4.78 is 4.50. The number of fused-ring (bicyclic) bond motifs is 1. The van der Waals surface area contributed by atoms with Crippen molar-refractivity contribution in [3.8, 4) is 0 Å². The summed E-state index contributed by atoms with van der Waals surface area (Å²) in [6.07, 6.45) is 0. The molecule has 0 aromatic carbocycles. The zero-order chi connectivity index (χ0) is 23.2. The molecule has 3 aromatic heterocycles. The predicted octanol–water partition coefficient (Wildman–Crippen LogP) is 2.74. The number of hydrogen-bond acceptors (Lipinski definition) is 6. The molecule has 0 bridgehead atoms. The molecule has 0 radical (unpaired) electrons. The van der Waals surface area contributed by atoms with Crippen LogP contribution < -0.4 is 11.2 Å². The van der Waals surface area contributed by atoms with Crippen LogP contribution in [0.25, 0.3) is 11.0 Å². The van der Waals surface area contributed by atoms with Crippen LogP contribution in [-0.4, -0.2) is 35.2 Å². The highest BCUT2D eigenvalue weighted by Gasteiger charge is 2.24. The van der Waals surface area contributed by atoms with Crippen molar-refractivity contribution < 1.29 is 4.79 Å². The van der Waals surface area contributed by atoms with E-state index >= 15 is 0 Å². The van der Waals surface area contributed by atoms with E-state index in [0.29, 0.717) is 16.4 Å². The van der Waals surface area contributed by atoms with Crippen LogP contribution >= 0.6 is 11.8 Å². The molecule has 0 N–H and O–H groups in total. The molecule has 3 heterocycles. The number of rotatable bonds is 5. The quantitative estimate of drug-likeness (QED) is 0.342.